The lowest BCUT2D eigenvalue weighted by Crippen LogP contribution is -2.52. The smallest absolute Gasteiger partial charge is 0.0556 e. The van der Waals surface area contributed by atoms with Crippen LogP contribution in [0.4, 0.5) is 0 Å². The Bertz CT molecular complexity index is 238. The number of hydrogen-bond acceptors (Lipinski definition) is 4. The van der Waals surface area contributed by atoms with Gasteiger partial charge >= 0.3 is 0 Å². The summed E-state index contributed by atoms with van der Waals surface area (Å²) in [6, 6.07) is 1.05. The van der Waals surface area contributed by atoms with Crippen molar-refractivity contribution in [1.82, 2.24) is 10.2 Å². The van der Waals surface area contributed by atoms with Crippen LogP contribution in [-0.4, -0.2) is 59.5 Å². The van der Waals surface area contributed by atoms with Crippen LogP contribution in [0.25, 0.3) is 0 Å². The van der Waals surface area contributed by atoms with E-state index in [1.807, 2.05) is 6.92 Å². The molecule has 0 amide bonds. The van der Waals surface area contributed by atoms with Crippen molar-refractivity contribution >= 4 is 0 Å². The van der Waals surface area contributed by atoms with Crippen LogP contribution < -0.4 is 5.32 Å². The predicted octanol–water partition coefficient (Wildman–Crippen LogP) is 1.22. The Morgan fingerprint density at radius 1 is 1.26 bits per heavy atom. The lowest BCUT2D eigenvalue weighted by atomic mass is 9.88. The summed E-state index contributed by atoms with van der Waals surface area (Å²) in [7, 11) is 0. The third-order valence-electron chi connectivity index (χ3n) is 4.40. The van der Waals surface area contributed by atoms with Crippen LogP contribution in [0.15, 0.2) is 0 Å². The molecule has 4 nitrogen and oxygen atoms in total. The largest absolute Gasteiger partial charge is 0.395 e. The van der Waals surface area contributed by atoms with Gasteiger partial charge in [-0.05, 0) is 38.5 Å². The Balaban J connectivity index is 2.55. The highest BCUT2D eigenvalue weighted by atomic mass is 16.3. The molecule has 1 aliphatic rings. The summed E-state index contributed by atoms with van der Waals surface area (Å²) >= 11 is 0. The van der Waals surface area contributed by atoms with Gasteiger partial charge in [-0.1, -0.05) is 13.8 Å². The van der Waals surface area contributed by atoms with Gasteiger partial charge in [0, 0.05) is 31.7 Å². The topological polar surface area (TPSA) is 55.7 Å². The molecule has 114 valence electrons. The first kappa shape index (κ1) is 16.9. The fourth-order valence-corrected chi connectivity index (χ4v) is 3.00. The fourth-order valence-electron chi connectivity index (χ4n) is 3.00. The zero-order valence-corrected chi connectivity index (χ0v) is 12.8. The van der Waals surface area contributed by atoms with Crippen LogP contribution in [0.1, 0.15) is 46.5 Å². The van der Waals surface area contributed by atoms with Gasteiger partial charge < -0.3 is 15.5 Å². The highest BCUT2D eigenvalue weighted by Crippen LogP contribution is 2.24. The van der Waals surface area contributed by atoms with E-state index in [-0.39, 0.29) is 12.7 Å². The van der Waals surface area contributed by atoms with Crippen molar-refractivity contribution < 1.29 is 10.2 Å². The second-order valence-electron chi connectivity index (χ2n) is 5.99. The molecular formula is C15H32N2O2. The SMILES string of the molecule is CCC(O)CC1CC(NCCO)CN(C(C)CC)C1. The number of aliphatic hydroxyl groups excluding tert-OH is 2. The predicted molar refractivity (Wildman–Crippen MR) is 79.2 cm³/mol. The van der Waals surface area contributed by atoms with Gasteiger partial charge in [0.05, 0.1) is 12.7 Å². The molecule has 4 atom stereocenters. The van der Waals surface area contributed by atoms with Crippen LogP contribution in [-0.2, 0) is 0 Å². The molecule has 0 aromatic rings. The van der Waals surface area contributed by atoms with Gasteiger partial charge in [-0.15, -0.1) is 0 Å². The van der Waals surface area contributed by atoms with Gasteiger partial charge in [0.1, 0.15) is 0 Å². The second kappa shape index (κ2) is 8.90. The highest BCUT2D eigenvalue weighted by molar-refractivity contribution is 4.86. The molecule has 1 rings (SSSR count). The lowest BCUT2D eigenvalue weighted by molar-refractivity contribution is 0.0635. The molecule has 0 radical (unpaired) electrons. The Morgan fingerprint density at radius 2 is 2.00 bits per heavy atom. The molecule has 0 aromatic heterocycles. The lowest BCUT2D eigenvalue weighted by Gasteiger charge is -2.41. The Hall–Kier alpha value is -0.160. The summed E-state index contributed by atoms with van der Waals surface area (Å²) in [6.07, 6.45) is 3.86. The standard InChI is InChI=1S/C15H32N2O2/c1-4-12(3)17-10-13(9-15(19)5-2)8-14(11-17)16-6-7-18/h12-16,18-19H,4-11H2,1-3H3. The number of aliphatic hydroxyl groups is 2. The molecule has 1 heterocycles. The third kappa shape index (κ3) is 5.78. The van der Waals surface area contributed by atoms with Crippen molar-refractivity contribution in [2.45, 2.75) is 64.6 Å². The van der Waals surface area contributed by atoms with Gasteiger partial charge in [-0.2, -0.15) is 0 Å². The molecule has 19 heavy (non-hydrogen) atoms. The molecule has 0 spiro atoms. The quantitative estimate of drug-likeness (QED) is 0.622. The van der Waals surface area contributed by atoms with Crippen molar-refractivity contribution in [2.24, 2.45) is 5.92 Å². The number of nitrogens with zero attached hydrogens (tertiary/aromatic N) is 1. The monoisotopic (exact) mass is 272 g/mol. The number of hydrogen-bond donors (Lipinski definition) is 3. The summed E-state index contributed by atoms with van der Waals surface area (Å²) in [5, 5.41) is 22.3. The zero-order chi connectivity index (χ0) is 14.3. The van der Waals surface area contributed by atoms with Crippen LogP contribution in [0.3, 0.4) is 0 Å². The zero-order valence-electron chi connectivity index (χ0n) is 12.8. The van der Waals surface area contributed by atoms with Gasteiger partial charge in [-0.25, -0.2) is 0 Å². The van der Waals surface area contributed by atoms with E-state index in [0.717, 1.165) is 38.8 Å². The summed E-state index contributed by atoms with van der Waals surface area (Å²) < 4.78 is 0. The van der Waals surface area contributed by atoms with Gasteiger partial charge in [0.25, 0.3) is 0 Å². The molecule has 3 N–H and O–H groups in total. The van der Waals surface area contributed by atoms with Crippen LogP contribution in [0, 0.1) is 5.92 Å². The summed E-state index contributed by atoms with van der Waals surface area (Å²) in [5.41, 5.74) is 0. The minimum Gasteiger partial charge on any atom is -0.395 e. The molecule has 1 aliphatic heterocycles. The average molecular weight is 272 g/mol. The maximum Gasteiger partial charge on any atom is 0.0556 e. The van der Waals surface area contributed by atoms with E-state index < -0.39 is 0 Å². The Morgan fingerprint density at radius 3 is 2.58 bits per heavy atom. The third-order valence-corrected chi connectivity index (χ3v) is 4.40. The molecule has 0 aliphatic carbocycles. The molecule has 0 bridgehead atoms. The normalized spacial score (nSPS) is 28.3. The van der Waals surface area contributed by atoms with Gasteiger partial charge in [0.15, 0.2) is 0 Å². The molecule has 1 saturated heterocycles. The first-order valence-electron chi connectivity index (χ1n) is 7.86. The maximum absolute atomic E-state index is 9.88. The number of nitrogens with one attached hydrogen (secondary N) is 1. The van der Waals surface area contributed by atoms with Crippen LogP contribution in [0.5, 0.6) is 0 Å². The van der Waals surface area contributed by atoms with E-state index in [9.17, 15) is 5.11 Å². The van der Waals surface area contributed by atoms with Crippen LogP contribution in [0.2, 0.25) is 0 Å². The van der Waals surface area contributed by atoms with Crippen molar-refractivity contribution in [3.63, 3.8) is 0 Å². The minimum absolute atomic E-state index is 0.166. The Kier molecular flexibility index (Phi) is 7.91. The average Bonchev–Trinajstić information content (AvgIpc) is 2.43. The first-order valence-corrected chi connectivity index (χ1v) is 7.86. The highest BCUT2D eigenvalue weighted by Gasteiger charge is 2.29. The van der Waals surface area contributed by atoms with Crippen molar-refractivity contribution in [1.29, 1.82) is 0 Å². The minimum atomic E-state index is -0.166. The number of rotatable bonds is 8. The molecule has 0 saturated carbocycles. The van der Waals surface area contributed by atoms with Crippen molar-refractivity contribution in [3.8, 4) is 0 Å². The summed E-state index contributed by atoms with van der Waals surface area (Å²) in [6.45, 7) is 9.58. The molecular weight excluding hydrogens is 240 g/mol. The molecule has 4 unspecified atom stereocenters. The summed E-state index contributed by atoms with van der Waals surface area (Å²) in [5.74, 6) is 0.564. The second-order valence-corrected chi connectivity index (χ2v) is 5.99. The van der Waals surface area contributed by atoms with E-state index in [1.165, 1.54) is 0 Å². The molecule has 4 heteroatoms. The Labute approximate surface area is 118 Å². The summed E-state index contributed by atoms with van der Waals surface area (Å²) in [4.78, 5) is 2.53. The van der Waals surface area contributed by atoms with Crippen molar-refractivity contribution in [3.05, 3.63) is 0 Å². The van der Waals surface area contributed by atoms with E-state index in [2.05, 4.69) is 24.1 Å². The molecule has 1 fully saturated rings. The van der Waals surface area contributed by atoms with E-state index >= 15 is 0 Å². The van der Waals surface area contributed by atoms with Crippen LogP contribution >= 0.6 is 0 Å². The van der Waals surface area contributed by atoms with E-state index in [1.54, 1.807) is 0 Å². The van der Waals surface area contributed by atoms with Crippen molar-refractivity contribution in [2.75, 3.05) is 26.2 Å². The number of likely N-dealkylation sites (tertiary alicyclic amines) is 1. The van der Waals surface area contributed by atoms with E-state index in [0.29, 0.717) is 24.5 Å². The van der Waals surface area contributed by atoms with Gasteiger partial charge in [-0.3, -0.25) is 4.90 Å². The van der Waals surface area contributed by atoms with Gasteiger partial charge in [0.2, 0.25) is 0 Å². The maximum atomic E-state index is 9.88. The van der Waals surface area contributed by atoms with E-state index in [4.69, 9.17) is 5.11 Å². The first-order chi connectivity index (χ1) is 9.10. The fraction of sp³-hybridized carbons (Fsp3) is 1.00. The molecule has 0 aromatic carbocycles. The number of piperidine rings is 1.